The van der Waals surface area contributed by atoms with Crippen LogP contribution in [-0.4, -0.2) is 42.1 Å². The summed E-state index contributed by atoms with van der Waals surface area (Å²) in [5, 5.41) is 5.79. The maximum Gasteiger partial charge on any atom is 0.317 e. The van der Waals surface area contributed by atoms with Gasteiger partial charge in [0.2, 0.25) is 0 Å². The van der Waals surface area contributed by atoms with Crippen LogP contribution in [-0.2, 0) is 6.54 Å². The van der Waals surface area contributed by atoms with Crippen LogP contribution in [0.4, 0.5) is 14.3 Å². The Bertz CT molecular complexity index is 626. The molecule has 1 aromatic heterocycles. The number of halogens is 1. The minimum atomic E-state index is -0.288. The molecule has 0 radical (unpaired) electrons. The third-order valence-electron chi connectivity index (χ3n) is 3.59. The van der Waals surface area contributed by atoms with Crippen LogP contribution in [0.15, 0.2) is 35.8 Å². The van der Waals surface area contributed by atoms with E-state index in [0.29, 0.717) is 19.6 Å². The molecule has 116 valence electrons. The zero-order valence-electron chi connectivity index (χ0n) is 12.0. The van der Waals surface area contributed by atoms with Crippen LogP contribution in [0.5, 0.6) is 0 Å². The minimum absolute atomic E-state index is 0.108. The summed E-state index contributed by atoms with van der Waals surface area (Å²) >= 11 is 1.61. The van der Waals surface area contributed by atoms with E-state index in [2.05, 4.69) is 15.2 Å². The molecule has 1 N–H and O–H groups in total. The van der Waals surface area contributed by atoms with E-state index in [4.69, 9.17) is 0 Å². The van der Waals surface area contributed by atoms with Gasteiger partial charge in [-0.3, -0.25) is 0 Å². The number of aromatic nitrogens is 1. The van der Waals surface area contributed by atoms with Crippen molar-refractivity contribution in [2.75, 3.05) is 31.1 Å². The molecular formula is C15H17FN4OS. The van der Waals surface area contributed by atoms with Gasteiger partial charge in [-0.05, 0) is 17.7 Å². The molecule has 0 unspecified atom stereocenters. The number of anilines is 1. The van der Waals surface area contributed by atoms with Gasteiger partial charge in [-0.1, -0.05) is 12.1 Å². The second-order valence-corrected chi connectivity index (χ2v) is 5.95. The molecule has 1 aromatic carbocycles. The van der Waals surface area contributed by atoms with Gasteiger partial charge in [0.05, 0.1) is 0 Å². The smallest absolute Gasteiger partial charge is 0.317 e. The summed E-state index contributed by atoms with van der Waals surface area (Å²) < 4.78 is 13.1. The molecule has 0 saturated carbocycles. The molecule has 0 aliphatic carbocycles. The van der Waals surface area contributed by atoms with E-state index >= 15 is 0 Å². The Hall–Kier alpha value is -2.15. The van der Waals surface area contributed by atoms with Crippen LogP contribution < -0.4 is 10.2 Å². The van der Waals surface area contributed by atoms with Gasteiger partial charge < -0.3 is 15.1 Å². The highest BCUT2D eigenvalue weighted by Crippen LogP contribution is 2.18. The predicted octanol–water partition coefficient (Wildman–Crippen LogP) is 2.31. The lowest BCUT2D eigenvalue weighted by Crippen LogP contribution is -2.51. The third kappa shape index (κ3) is 3.54. The fourth-order valence-corrected chi connectivity index (χ4v) is 3.11. The summed E-state index contributed by atoms with van der Waals surface area (Å²) in [4.78, 5) is 20.4. The van der Waals surface area contributed by atoms with Crippen molar-refractivity contribution >= 4 is 22.5 Å². The van der Waals surface area contributed by atoms with Crippen molar-refractivity contribution in [2.45, 2.75) is 6.54 Å². The number of carbonyl (C=O) groups is 1. The lowest BCUT2D eigenvalue weighted by molar-refractivity contribution is 0.194. The summed E-state index contributed by atoms with van der Waals surface area (Å²) in [5.41, 5.74) is 0.759. The SMILES string of the molecule is O=C(NCc1cccc(F)c1)N1CCN(c2nccs2)CC1. The highest BCUT2D eigenvalue weighted by Gasteiger charge is 2.22. The number of piperazine rings is 1. The van der Waals surface area contributed by atoms with Gasteiger partial charge in [-0.2, -0.15) is 0 Å². The molecule has 1 aliphatic heterocycles. The largest absolute Gasteiger partial charge is 0.345 e. The molecule has 3 rings (SSSR count). The van der Waals surface area contributed by atoms with Crippen LogP contribution >= 0.6 is 11.3 Å². The molecular weight excluding hydrogens is 303 g/mol. The highest BCUT2D eigenvalue weighted by atomic mass is 32.1. The first kappa shape index (κ1) is 14.8. The quantitative estimate of drug-likeness (QED) is 0.944. The zero-order chi connectivity index (χ0) is 15.4. The third-order valence-corrected chi connectivity index (χ3v) is 4.42. The monoisotopic (exact) mass is 320 g/mol. The topological polar surface area (TPSA) is 48.5 Å². The first-order valence-electron chi connectivity index (χ1n) is 7.14. The van der Waals surface area contributed by atoms with Crippen LogP contribution in [0, 0.1) is 5.82 Å². The van der Waals surface area contributed by atoms with Crippen molar-refractivity contribution in [1.82, 2.24) is 15.2 Å². The maximum absolute atomic E-state index is 13.1. The summed E-state index contributed by atoms with van der Waals surface area (Å²) in [6.07, 6.45) is 1.79. The average molecular weight is 320 g/mol. The Morgan fingerprint density at radius 2 is 2.14 bits per heavy atom. The van der Waals surface area contributed by atoms with Crippen molar-refractivity contribution in [1.29, 1.82) is 0 Å². The fourth-order valence-electron chi connectivity index (χ4n) is 2.41. The Morgan fingerprint density at radius 3 is 2.82 bits per heavy atom. The normalized spacial score (nSPS) is 15.0. The molecule has 5 nitrogen and oxygen atoms in total. The van der Waals surface area contributed by atoms with Gasteiger partial charge in [0.25, 0.3) is 0 Å². The molecule has 1 saturated heterocycles. The highest BCUT2D eigenvalue weighted by molar-refractivity contribution is 7.13. The van der Waals surface area contributed by atoms with Crippen LogP contribution in [0.2, 0.25) is 0 Å². The molecule has 0 spiro atoms. The van der Waals surface area contributed by atoms with E-state index in [1.54, 1.807) is 34.6 Å². The predicted molar refractivity (Wildman–Crippen MR) is 84.5 cm³/mol. The standard InChI is InChI=1S/C15H17FN4OS/c16-13-3-1-2-12(10-13)11-18-14(21)19-5-7-20(8-6-19)15-17-4-9-22-15/h1-4,9-10H,5-8,11H2,(H,18,21). The van der Waals surface area contributed by atoms with Crippen molar-refractivity contribution in [3.05, 3.63) is 47.2 Å². The molecule has 1 fully saturated rings. The lowest BCUT2D eigenvalue weighted by Gasteiger charge is -2.34. The number of rotatable bonds is 3. The maximum atomic E-state index is 13.1. The Balaban J connectivity index is 1.48. The van der Waals surface area contributed by atoms with Crippen molar-refractivity contribution in [3.8, 4) is 0 Å². The summed E-state index contributed by atoms with van der Waals surface area (Å²) in [6, 6.07) is 6.15. The number of amides is 2. The number of hydrogen-bond acceptors (Lipinski definition) is 4. The van der Waals surface area contributed by atoms with Crippen molar-refractivity contribution < 1.29 is 9.18 Å². The van der Waals surface area contributed by atoms with Crippen LogP contribution in [0.25, 0.3) is 0 Å². The molecule has 22 heavy (non-hydrogen) atoms. The summed E-state index contributed by atoms with van der Waals surface area (Å²) in [7, 11) is 0. The summed E-state index contributed by atoms with van der Waals surface area (Å²) in [5.74, 6) is -0.288. The Labute approximate surface area is 132 Å². The number of carbonyl (C=O) groups excluding carboxylic acids is 1. The van der Waals surface area contributed by atoms with Crippen molar-refractivity contribution in [2.24, 2.45) is 0 Å². The van der Waals surface area contributed by atoms with E-state index in [1.165, 1.54) is 12.1 Å². The molecule has 0 atom stereocenters. The molecule has 2 aromatic rings. The Morgan fingerprint density at radius 1 is 1.32 bits per heavy atom. The van der Waals surface area contributed by atoms with E-state index in [0.717, 1.165) is 23.8 Å². The fraction of sp³-hybridized carbons (Fsp3) is 0.333. The lowest BCUT2D eigenvalue weighted by atomic mass is 10.2. The molecule has 2 heterocycles. The molecule has 2 amide bonds. The van der Waals surface area contributed by atoms with Gasteiger partial charge in [0.15, 0.2) is 5.13 Å². The Kier molecular flexibility index (Phi) is 4.53. The number of benzene rings is 1. The zero-order valence-corrected chi connectivity index (χ0v) is 12.9. The average Bonchev–Trinajstić information content (AvgIpc) is 3.07. The van der Waals surface area contributed by atoms with E-state index in [-0.39, 0.29) is 11.8 Å². The molecule has 0 bridgehead atoms. The number of hydrogen-bond donors (Lipinski definition) is 1. The second-order valence-electron chi connectivity index (χ2n) is 5.08. The van der Waals surface area contributed by atoms with Crippen LogP contribution in [0.1, 0.15) is 5.56 Å². The number of urea groups is 1. The first-order chi connectivity index (χ1) is 10.7. The van der Waals surface area contributed by atoms with E-state index in [1.807, 2.05) is 5.38 Å². The number of thiazole rings is 1. The van der Waals surface area contributed by atoms with E-state index in [9.17, 15) is 9.18 Å². The van der Waals surface area contributed by atoms with E-state index < -0.39 is 0 Å². The molecule has 7 heteroatoms. The second kappa shape index (κ2) is 6.74. The van der Waals surface area contributed by atoms with Crippen molar-refractivity contribution in [3.63, 3.8) is 0 Å². The van der Waals surface area contributed by atoms with Gasteiger partial charge in [-0.25, -0.2) is 14.2 Å². The van der Waals surface area contributed by atoms with Gasteiger partial charge in [-0.15, -0.1) is 11.3 Å². The summed E-state index contributed by atoms with van der Waals surface area (Å²) in [6.45, 7) is 3.22. The van der Waals surface area contributed by atoms with Crippen LogP contribution in [0.3, 0.4) is 0 Å². The van der Waals surface area contributed by atoms with Gasteiger partial charge in [0.1, 0.15) is 5.82 Å². The first-order valence-corrected chi connectivity index (χ1v) is 8.02. The van der Waals surface area contributed by atoms with Gasteiger partial charge >= 0.3 is 6.03 Å². The number of nitrogens with zero attached hydrogens (tertiary/aromatic N) is 3. The number of nitrogens with one attached hydrogen (secondary N) is 1. The van der Waals surface area contributed by atoms with Gasteiger partial charge in [0, 0.05) is 44.3 Å². The minimum Gasteiger partial charge on any atom is -0.345 e. The molecule has 1 aliphatic rings.